The van der Waals surface area contributed by atoms with Crippen molar-refractivity contribution in [1.29, 1.82) is 0 Å². The molecule has 0 saturated carbocycles. The molecule has 34 heavy (non-hydrogen) atoms. The molecule has 0 aliphatic carbocycles. The molecule has 1 unspecified atom stereocenters. The number of nitrogens with one attached hydrogen (secondary N) is 1. The molecule has 1 saturated heterocycles. The topological polar surface area (TPSA) is 98.6 Å². The van der Waals surface area contributed by atoms with Gasteiger partial charge in [-0.3, -0.25) is 9.69 Å². The van der Waals surface area contributed by atoms with E-state index < -0.39 is 5.97 Å². The minimum atomic E-state index is -0.741. The Morgan fingerprint density at radius 2 is 1.94 bits per heavy atom. The monoisotopic (exact) mass is 460 g/mol. The molecular weight excluding hydrogens is 428 g/mol. The summed E-state index contributed by atoms with van der Waals surface area (Å²) in [4.78, 5) is 22.5. The molecule has 178 valence electrons. The lowest BCUT2D eigenvalue weighted by Gasteiger charge is -2.33. The van der Waals surface area contributed by atoms with Gasteiger partial charge in [0.2, 0.25) is 0 Å². The summed E-state index contributed by atoms with van der Waals surface area (Å²) in [7, 11) is 0. The minimum absolute atomic E-state index is 0.199. The van der Waals surface area contributed by atoms with Gasteiger partial charge in [0.05, 0.1) is 5.69 Å². The number of piperazine rings is 1. The van der Waals surface area contributed by atoms with Gasteiger partial charge >= 0.3 is 5.97 Å². The summed E-state index contributed by atoms with van der Waals surface area (Å²) in [5.41, 5.74) is 4.33. The number of phenolic OH excluding ortho intramolecular Hbond substituents is 1. The molecule has 0 amide bonds. The molecule has 2 heterocycles. The molecule has 3 aromatic rings. The molecule has 7 heteroatoms. The molecular formula is C27H32N4O3. The Morgan fingerprint density at radius 1 is 1.09 bits per heavy atom. The average Bonchev–Trinajstić information content (AvgIpc) is 2.83. The number of rotatable bonds is 10. The summed E-state index contributed by atoms with van der Waals surface area (Å²) in [6, 6.07) is 18.0. The first-order valence-electron chi connectivity index (χ1n) is 11.9. The highest BCUT2D eigenvalue weighted by molar-refractivity contribution is 5.66. The van der Waals surface area contributed by atoms with E-state index in [1.54, 1.807) is 12.1 Å². The number of hydrogen-bond donors (Lipinski definition) is 3. The van der Waals surface area contributed by atoms with Crippen LogP contribution < -0.4 is 5.32 Å². The number of aliphatic carboxylic acids is 1. The lowest BCUT2D eigenvalue weighted by Crippen LogP contribution is -2.50. The number of carboxylic acid groups (broad SMARTS) is 1. The zero-order valence-corrected chi connectivity index (χ0v) is 19.4. The predicted molar refractivity (Wildman–Crippen MR) is 132 cm³/mol. The average molecular weight is 461 g/mol. The van der Waals surface area contributed by atoms with Crippen molar-refractivity contribution < 1.29 is 15.0 Å². The highest BCUT2D eigenvalue weighted by atomic mass is 16.4. The second-order valence-corrected chi connectivity index (χ2v) is 8.90. The first-order valence-corrected chi connectivity index (χ1v) is 11.9. The van der Waals surface area contributed by atoms with Gasteiger partial charge in [-0.15, -0.1) is 0 Å². The van der Waals surface area contributed by atoms with E-state index >= 15 is 0 Å². The number of hydrogen-bond acceptors (Lipinski definition) is 6. The molecule has 0 spiro atoms. The normalized spacial score (nSPS) is 16.4. The van der Waals surface area contributed by atoms with Crippen LogP contribution >= 0.6 is 0 Å². The van der Waals surface area contributed by atoms with E-state index in [4.69, 9.17) is 10.1 Å². The third-order valence-corrected chi connectivity index (χ3v) is 6.16. The smallest absolute Gasteiger partial charge is 0.303 e. The van der Waals surface area contributed by atoms with Crippen LogP contribution in [0.3, 0.4) is 0 Å². The lowest BCUT2D eigenvalue weighted by atomic mass is 10.0. The van der Waals surface area contributed by atoms with E-state index in [1.807, 2.05) is 24.4 Å². The highest BCUT2D eigenvalue weighted by Crippen LogP contribution is 2.20. The fourth-order valence-corrected chi connectivity index (χ4v) is 4.46. The maximum atomic E-state index is 10.9. The second kappa shape index (κ2) is 11.7. The van der Waals surface area contributed by atoms with Crippen LogP contribution in [-0.2, 0) is 24.2 Å². The van der Waals surface area contributed by atoms with Crippen molar-refractivity contribution in [3.63, 3.8) is 0 Å². The van der Waals surface area contributed by atoms with Gasteiger partial charge in [0.15, 0.2) is 0 Å². The molecule has 1 aliphatic rings. The zero-order valence-electron chi connectivity index (χ0n) is 19.4. The SMILES string of the molecule is O=C(O)CCC1CN(Cc2cccc(-c3ccnc(CCCc4cccc(O)c4)n3)c2)CCN1. The maximum Gasteiger partial charge on any atom is 0.303 e. The van der Waals surface area contributed by atoms with Crippen molar-refractivity contribution in [1.82, 2.24) is 20.2 Å². The van der Waals surface area contributed by atoms with Crippen molar-refractivity contribution >= 4 is 5.97 Å². The number of aromatic hydroxyl groups is 1. The van der Waals surface area contributed by atoms with Gasteiger partial charge in [0.1, 0.15) is 11.6 Å². The number of aryl methyl sites for hydroxylation is 2. The maximum absolute atomic E-state index is 10.9. The van der Waals surface area contributed by atoms with Gasteiger partial charge in [0.25, 0.3) is 0 Å². The summed E-state index contributed by atoms with van der Waals surface area (Å²) >= 11 is 0. The van der Waals surface area contributed by atoms with E-state index in [0.29, 0.717) is 12.2 Å². The summed E-state index contributed by atoms with van der Waals surface area (Å²) in [6.07, 6.45) is 5.24. The molecule has 4 rings (SSSR count). The van der Waals surface area contributed by atoms with Crippen LogP contribution in [0, 0.1) is 0 Å². The molecule has 3 N–H and O–H groups in total. The molecule has 1 aromatic heterocycles. The number of carboxylic acids is 1. The van der Waals surface area contributed by atoms with E-state index in [-0.39, 0.29) is 12.5 Å². The van der Waals surface area contributed by atoms with Crippen molar-refractivity contribution in [3.05, 3.63) is 77.7 Å². The predicted octanol–water partition coefficient (Wildman–Crippen LogP) is 3.66. The van der Waals surface area contributed by atoms with E-state index in [9.17, 15) is 9.90 Å². The van der Waals surface area contributed by atoms with E-state index in [0.717, 1.165) is 68.1 Å². The van der Waals surface area contributed by atoms with Gasteiger partial charge in [0, 0.05) is 56.8 Å². The standard InChI is InChI=1S/C27H32N4O3/c32-24-8-2-4-20(17-24)5-3-9-26-29-13-12-25(30-26)22-7-1-6-21(16-22)18-31-15-14-28-23(19-31)10-11-27(33)34/h1-2,4,6-8,12-13,16-17,23,28,32H,3,5,9-11,14-15,18-19H2,(H,33,34). The van der Waals surface area contributed by atoms with Crippen LogP contribution in [0.25, 0.3) is 11.3 Å². The van der Waals surface area contributed by atoms with Gasteiger partial charge in [-0.2, -0.15) is 0 Å². The molecule has 1 atom stereocenters. The Kier molecular flexibility index (Phi) is 8.22. The molecule has 1 fully saturated rings. The molecule has 1 aliphatic heterocycles. The zero-order chi connectivity index (χ0) is 23.8. The summed E-state index contributed by atoms with van der Waals surface area (Å²) in [5.74, 6) is 0.383. The summed E-state index contributed by atoms with van der Waals surface area (Å²) in [5, 5.41) is 22.0. The van der Waals surface area contributed by atoms with Gasteiger partial charge in [-0.05, 0) is 54.7 Å². The van der Waals surface area contributed by atoms with E-state index in [1.165, 1.54) is 5.56 Å². The molecule has 0 bridgehead atoms. The van der Waals surface area contributed by atoms with Crippen molar-refractivity contribution in [2.75, 3.05) is 19.6 Å². The van der Waals surface area contributed by atoms with Crippen LogP contribution in [0.15, 0.2) is 60.8 Å². The number of aromatic nitrogens is 2. The number of phenols is 1. The van der Waals surface area contributed by atoms with Gasteiger partial charge in [-0.25, -0.2) is 9.97 Å². The number of benzene rings is 2. The second-order valence-electron chi connectivity index (χ2n) is 8.90. The Bertz CT molecular complexity index is 1100. The molecule has 2 aromatic carbocycles. The Hall–Kier alpha value is -3.29. The lowest BCUT2D eigenvalue weighted by molar-refractivity contribution is -0.137. The first kappa shape index (κ1) is 23.9. The minimum Gasteiger partial charge on any atom is -0.508 e. The Labute approximate surface area is 200 Å². The fraction of sp³-hybridized carbons (Fsp3) is 0.370. The van der Waals surface area contributed by atoms with Crippen molar-refractivity contribution in [2.45, 2.75) is 44.7 Å². The van der Waals surface area contributed by atoms with E-state index in [2.05, 4.69) is 39.5 Å². The Balaban J connectivity index is 1.35. The van der Waals surface area contributed by atoms with Crippen LogP contribution in [0.4, 0.5) is 0 Å². The van der Waals surface area contributed by atoms with Crippen LogP contribution in [0.2, 0.25) is 0 Å². The largest absolute Gasteiger partial charge is 0.508 e. The molecule has 0 radical (unpaired) electrons. The number of nitrogens with zero attached hydrogens (tertiary/aromatic N) is 3. The number of carbonyl (C=O) groups is 1. The summed E-state index contributed by atoms with van der Waals surface area (Å²) in [6.45, 7) is 3.52. The van der Waals surface area contributed by atoms with Crippen LogP contribution in [0.1, 0.15) is 36.2 Å². The van der Waals surface area contributed by atoms with Gasteiger partial charge < -0.3 is 15.5 Å². The summed E-state index contributed by atoms with van der Waals surface area (Å²) < 4.78 is 0. The van der Waals surface area contributed by atoms with Crippen molar-refractivity contribution in [3.8, 4) is 17.0 Å². The third-order valence-electron chi connectivity index (χ3n) is 6.16. The van der Waals surface area contributed by atoms with Crippen LogP contribution in [-0.4, -0.2) is 56.7 Å². The third kappa shape index (κ3) is 7.10. The first-order chi connectivity index (χ1) is 16.5. The molecule has 7 nitrogen and oxygen atoms in total. The van der Waals surface area contributed by atoms with Gasteiger partial charge in [-0.1, -0.05) is 30.3 Å². The Morgan fingerprint density at radius 3 is 2.79 bits per heavy atom. The fourth-order valence-electron chi connectivity index (χ4n) is 4.46. The quantitative estimate of drug-likeness (QED) is 0.425. The van der Waals surface area contributed by atoms with Crippen LogP contribution in [0.5, 0.6) is 5.75 Å². The highest BCUT2D eigenvalue weighted by Gasteiger charge is 2.20. The van der Waals surface area contributed by atoms with Crippen molar-refractivity contribution in [2.24, 2.45) is 0 Å².